The number of nitro groups is 1. The number of nitrogens with zero attached hydrogens (tertiary/aromatic N) is 3. The van der Waals surface area contributed by atoms with Gasteiger partial charge in [-0.2, -0.15) is 0 Å². The van der Waals surface area contributed by atoms with E-state index in [4.69, 9.17) is 0 Å². The molecule has 0 radical (unpaired) electrons. The first-order valence-corrected chi connectivity index (χ1v) is 7.31. The first-order valence-electron chi connectivity index (χ1n) is 7.31. The standard InChI is InChI=1S/C15H22FN3O2/c1-11(2)18-8-6-13(7-9-18)17(3)14-5-4-12(16)10-15(14)19(20)21/h4-5,10-11,13H,6-9H2,1-3H3. The van der Waals surface area contributed by atoms with E-state index in [1.165, 1.54) is 12.1 Å². The van der Waals surface area contributed by atoms with E-state index in [1.807, 2.05) is 11.9 Å². The van der Waals surface area contributed by atoms with Gasteiger partial charge in [-0.25, -0.2) is 4.39 Å². The van der Waals surface area contributed by atoms with Crippen LogP contribution in [0.3, 0.4) is 0 Å². The Kier molecular flexibility index (Phi) is 4.77. The van der Waals surface area contributed by atoms with Crippen molar-refractivity contribution < 1.29 is 9.31 Å². The first kappa shape index (κ1) is 15.7. The SMILES string of the molecule is CC(C)N1CCC(N(C)c2ccc(F)cc2[N+](=O)[O-])CC1. The molecular formula is C15H22FN3O2. The highest BCUT2D eigenvalue weighted by Crippen LogP contribution is 2.31. The van der Waals surface area contributed by atoms with Crippen LogP contribution in [0.25, 0.3) is 0 Å². The highest BCUT2D eigenvalue weighted by Gasteiger charge is 2.27. The number of anilines is 1. The van der Waals surface area contributed by atoms with Gasteiger partial charge >= 0.3 is 0 Å². The minimum Gasteiger partial charge on any atom is -0.366 e. The van der Waals surface area contributed by atoms with Gasteiger partial charge in [0.1, 0.15) is 11.5 Å². The lowest BCUT2D eigenvalue weighted by molar-refractivity contribution is -0.384. The Morgan fingerprint density at radius 3 is 2.52 bits per heavy atom. The number of benzene rings is 1. The number of hydrogen-bond acceptors (Lipinski definition) is 4. The predicted octanol–water partition coefficient (Wildman–Crippen LogP) is 3.04. The highest BCUT2D eigenvalue weighted by molar-refractivity contribution is 5.63. The van der Waals surface area contributed by atoms with Crippen LogP contribution in [0.5, 0.6) is 0 Å². The van der Waals surface area contributed by atoms with Crippen molar-refractivity contribution in [3.8, 4) is 0 Å². The molecule has 0 unspecified atom stereocenters. The van der Waals surface area contributed by atoms with E-state index < -0.39 is 10.7 Å². The van der Waals surface area contributed by atoms with E-state index in [1.54, 1.807) is 0 Å². The third-order valence-corrected chi connectivity index (χ3v) is 4.29. The molecule has 0 aromatic heterocycles. The molecule has 0 spiro atoms. The largest absolute Gasteiger partial charge is 0.366 e. The van der Waals surface area contributed by atoms with E-state index in [2.05, 4.69) is 18.7 Å². The second-order valence-electron chi connectivity index (χ2n) is 5.86. The first-order chi connectivity index (χ1) is 9.90. The average Bonchev–Trinajstić information content (AvgIpc) is 2.46. The molecule has 1 aliphatic heterocycles. The maximum Gasteiger partial charge on any atom is 0.295 e. The minimum absolute atomic E-state index is 0.163. The van der Waals surface area contributed by atoms with Gasteiger partial charge in [-0.15, -0.1) is 0 Å². The van der Waals surface area contributed by atoms with Gasteiger partial charge in [0.05, 0.1) is 11.0 Å². The zero-order valence-corrected chi connectivity index (χ0v) is 12.8. The van der Waals surface area contributed by atoms with E-state index in [-0.39, 0.29) is 11.7 Å². The summed E-state index contributed by atoms with van der Waals surface area (Å²) in [6.07, 6.45) is 1.92. The lowest BCUT2D eigenvalue weighted by Gasteiger charge is -2.39. The van der Waals surface area contributed by atoms with Crippen molar-refractivity contribution in [3.63, 3.8) is 0 Å². The fraction of sp³-hybridized carbons (Fsp3) is 0.600. The third kappa shape index (κ3) is 3.50. The Morgan fingerprint density at radius 2 is 2.00 bits per heavy atom. The number of piperidine rings is 1. The van der Waals surface area contributed by atoms with Gasteiger partial charge in [0.15, 0.2) is 0 Å². The van der Waals surface area contributed by atoms with Crippen LogP contribution in [-0.2, 0) is 0 Å². The molecule has 0 bridgehead atoms. The summed E-state index contributed by atoms with van der Waals surface area (Å²) in [5.74, 6) is -0.575. The number of halogens is 1. The van der Waals surface area contributed by atoms with Gasteiger partial charge in [0, 0.05) is 32.2 Å². The molecule has 1 aromatic carbocycles. The molecule has 1 heterocycles. The molecular weight excluding hydrogens is 273 g/mol. The Labute approximate surface area is 124 Å². The Hall–Kier alpha value is -1.69. The van der Waals surface area contributed by atoms with Crippen LogP contribution in [-0.4, -0.2) is 42.0 Å². The summed E-state index contributed by atoms with van der Waals surface area (Å²) in [5, 5.41) is 11.1. The molecule has 2 rings (SSSR count). The van der Waals surface area contributed by atoms with Crippen LogP contribution in [0.15, 0.2) is 18.2 Å². The van der Waals surface area contributed by atoms with Gasteiger partial charge in [-0.3, -0.25) is 10.1 Å². The van der Waals surface area contributed by atoms with Gasteiger partial charge in [0.2, 0.25) is 0 Å². The Morgan fingerprint density at radius 1 is 1.38 bits per heavy atom. The van der Waals surface area contributed by atoms with Crippen LogP contribution in [0.1, 0.15) is 26.7 Å². The van der Waals surface area contributed by atoms with Crippen LogP contribution < -0.4 is 4.90 Å². The van der Waals surface area contributed by atoms with E-state index in [9.17, 15) is 14.5 Å². The van der Waals surface area contributed by atoms with Crippen LogP contribution in [0.2, 0.25) is 0 Å². The van der Waals surface area contributed by atoms with E-state index >= 15 is 0 Å². The molecule has 5 nitrogen and oxygen atoms in total. The molecule has 1 aromatic rings. The molecule has 0 saturated carbocycles. The zero-order valence-electron chi connectivity index (χ0n) is 12.8. The van der Waals surface area contributed by atoms with Crippen molar-refractivity contribution in [2.75, 3.05) is 25.0 Å². The van der Waals surface area contributed by atoms with Crippen molar-refractivity contribution in [2.45, 2.75) is 38.8 Å². The number of nitro benzene ring substituents is 1. The topological polar surface area (TPSA) is 49.6 Å². The van der Waals surface area contributed by atoms with Gasteiger partial charge < -0.3 is 9.80 Å². The van der Waals surface area contributed by atoms with E-state index in [0.717, 1.165) is 32.0 Å². The maximum atomic E-state index is 13.2. The number of rotatable bonds is 4. The molecule has 0 atom stereocenters. The third-order valence-electron chi connectivity index (χ3n) is 4.29. The zero-order chi connectivity index (χ0) is 15.6. The van der Waals surface area contributed by atoms with Crippen molar-refractivity contribution in [3.05, 3.63) is 34.1 Å². The molecule has 1 saturated heterocycles. The predicted molar refractivity (Wildman–Crippen MR) is 81.2 cm³/mol. The van der Waals surface area contributed by atoms with Gasteiger partial charge in [0.25, 0.3) is 5.69 Å². The molecule has 6 heteroatoms. The van der Waals surface area contributed by atoms with Gasteiger partial charge in [-0.1, -0.05) is 0 Å². The molecule has 116 valence electrons. The highest BCUT2D eigenvalue weighted by atomic mass is 19.1. The molecule has 0 N–H and O–H groups in total. The van der Waals surface area contributed by atoms with Crippen LogP contribution >= 0.6 is 0 Å². The quantitative estimate of drug-likeness (QED) is 0.633. The molecule has 0 aliphatic carbocycles. The lowest BCUT2D eigenvalue weighted by atomic mass is 10.0. The summed E-state index contributed by atoms with van der Waals surface area (Å²) in [7, 11) is 1.86. The van der Waals surface area contributed by atoms with Crippen molar-refractivity contribution in [2.24, 2.45) is 0 Å². The molecule has 1 fully saturated rings. The summed E-state index contributed by atoms with van der Waals surface area (Å²) in [4.78, 5) is 14.9. The van der Waals surface area contributed by atoms with Gasteiger partial charge in [-0.05, 0) is 38.8 Å². The van der Waals surface area contributed by atoms with E-state index in [0.29, 0.717) is 11.7 Å². The molecule has 21 heavy (non-hydrogen) atoms. The summed E-state index contributed by atoms with van der Waals surface area (Å²) < 4.78 is 13.2. The summed E-state index contributed by atoms with van der Waals surface area (Å²) in [6, 6.07) is 4.56. The summed E-state index contributed by atoms with van der Waals surface area (Å²) in [6.45, 7) is 6.33. The normalized spacial score (nSPS) is 17.2. The molecule has 1 aliphatic rings. The fourth-order valence-electron chi connectivity index (χ4n) is 2.93. The molecule has 0 amide bonds. The minimum atomic E-state index is -0.575. The van der Waals surface area contributed by atoms with Crippen LogP contribution in [0, 0.1) is 15.9 Å². The second-order valence-corrected chi connectivity index (χ2v) is 5.86. The van der Waals surface area contributed by atoms with Crippen molar-refractivity contribution >= 4 is 11.4 Å². The number of likely N-dealkylation sites (tertiary alicyclic amines) is 1. The summed E-state index contributed by atoms with van der Waals surface area (Å²) in [5.41, 5.74) is 0.327. The maximum absolute atomic E-state index is 13.2. The van der Waals surface area contributed by atoms with Crippen LogP contribution in [0.4, 0.5) is 15.8 Å². The van der Waals surface area contributed by atoms with Crippen molar-refractivity contribution in [1.29, 1.82) is 0 Å². The van der Waals surface area contributed by atoms with Crippen molar-refractivity contribution in [1.82, 2.24) is 4.90 Å². The smallest absolute Gasteiger partial charge is 0.295 e. The fourth-order valence-corrected chi connectivity index (χ4v) is 2.93. The average molecular weight is 295 g/mol. The summed E-state index contributed by atoms with van der Waals surface area (Å²) >= 11 is 0. The Bertz CT molecular complexity index is 514. The second kappa shape index (κ2) is 6.39. The lowest BCUT2D eigenvalue weighted by Crippen LogP contribution is -2.45. The Balaban J connectivity index is 2.14. The monoisotopic (exact) mass is 295 g/mol. The number of hydrogen-bond donors (Lipinski definition) is 0.